The van der Waals surface area contributed by atoms with E-state index in [4.69, 9.17) is 0 Å². The molecule has 3 rings (SSSR count). The first-order chi connectivity index (χ1) is 12.5. The van der Waals surface area contributed by atoms with Gasteiger partial charge in [-0.15, -0.1) is 0 Å². The molecule has 0 saturated carbocycles. The van der Waals surface area contributed by atoms with Crippen molar-refractivity contribution >= 4 is 28.9 Å². The van der Waals surface area contributed by atoms with Crippen LogP contribution in [0.25, 0.3) is 0 Å². The van der Waals surface area contributed by atoms with Gasteiger partial charge >= 0.3 is 0 Å². The van der Waals surface area contributed by atoms with Gasteiger partial charge in [0.05, 0.1) is 0 Å². The zero-order valence-corrected chi connectivity index (χ0v) is 14.9. The Bertz CT molecular complexity index is 894. The highest BCUT2D eigenvalue weighted by Gasteiger charge is 2.06. The first-order valence-electron chi connectivity index (χ1n) is 8.13. The second-order valence-electron chi connectivity index (χ2n) is 5.95. The van der Waals surface area contributed by atoms with E-state index in [1.54, 1.807) is 24.5 Å². The fraction of sp³-hybridized carbons (Fsp3) is 0.158. The average molecular weight is 348 g/mol. The third kappa shape index (κ3) is 4.32. The number of rotatable bonds is 5. The fourth-order valence-corrected chi connectivity index (χ4v) is 2.34. The molecule has 26 heavy (non-hydrogen) atoms. The van der Waals surface area contributed by atoms with Crippen LogP contribution in [0.4, 0.5) is 23.0 Å². The summed E-state index contributed by atoms with van der Waals surface area (Å²) in [6.45, 7) is 1.86. The van der Waals surface area contributed by atoms with Crippen molar-refractivity contribution in [1.82, 2.24) is 15.0 Å². The summed E-state index contributed by atoms with van der Waals surface area (Å²) in [7, 11) is 3.87. The van der Waals surface area contributed by atoms with Crippen molar-refractivity contribution in [2.45, 2.75) is 6.92 Å². The van der Waals surface area contributed by atoms with Crippen molar-refractivity contribution in [3.8, 4) is 0 Å². The molecule has 132 valence electrons. The van der Waals surface area contributed by atoms with Gasteiger partial charge in [-0.25, -0.2) is 9.97 Å². The van der Waals surface area contributed by atoms with E-state index in [2.05, 4.69) is 25.6 Å². The number of hydrogen-bond donors (Lipinski definition) is 2. The van der Waals surface area contributed by atoms with Crippen molar-refractivity contribution in [2.75, 3.05) is 29.6 Å². The number of nitrogens with one attached hydrogen (secondary N) is 2. The standard InChI is InChI=1S/C19H20N6O/c1-13-21-17(12-18(22-13)25(2)3)23-15-4-6-16(7-5-15)24-19(26)14-8-10-20-11-9-14/h4-12H,1-3H3,(H,24,26)(H,21,22,23). The molecule has 0 aliphatic heterocycles. The molecule has 0 spiro atoms. The largest absolute Gasteiger partial charge is 0.363 e. The van der Waals surface area contributed by atoms with Gasteiger partial charge in [-0.3, -0.25) is 9.78 Å². The highest BCUT2D eigenvalue weighted by molar-refractivity contribution is 6.04. The molecule has 1 aromatic carbocycles. The molecule has 7 heteroatoms. The van der Waals surface area contributed by atoms with Crippen LogP contribution in [0.1, 0.15) is 16.2 Å². The number of benzene rings is 1. The van der Waals surface area contributed by atoms with Gasteiger partial charge in [0, 0.05) is 49.5 Å². The predicted octanol–water partition coefficient (Wildman–Crippen LogP) is 3.24. The summed E-state index contributed by atoms with van der Waals surface area (Å²) < 4.78 is 0. The Labute approximate surface area is 152 Å². The van der Waals surface area contributed by atoms with E-state index in [0.717, 1.165) is 17.3 Å². The molecule has 0 radical (unpaired) electrons. The van der Waals surface area contributed by atoms with E-state index in [-0.39, 0.29) is 5.91 Å². The van der Waals surface area contributed by atoms with Crippen molar-refractivity contribution in [3.63, 3.8) is 0 Å². The molecule has 0 bridgehead atoms. The minimum absolute atomic E-state index is 0.171. The second kappa shape index (κ2) is 7.60. The Morgan fingerprint density at radius 1 is 0.962 bits per heavy atom. The molecule has 0 saturated heterocycles. The van der Waals surface area contributed by atoms with Crippen LogP contribution in [0.2, 0.25) is 0 Å². The van der Waals surface area contributed by atoms with Crippen LogP contribution in [0.5, 0.6) is 0 Å². The fourth-order valence-electron chi connectivity index (χ4n) is 2.34. The molecule has 0 fully saturated rings. The normalized spacial score (nSPS) is 10.3. The predicted molar refractivity (Wildman–Crippen MR) is 103 cm³/mol. The summed E-state index contributed by atoms with van der Waals surface area (Å²) in [5, 5.41) is 6.11. The summed E-state index contributed by atoms with van der Waals surface area (Å²) in [6.07, 6.45) is 3.18. The van der Waals surface area contributed by atoms with E-state index in [9.17, 15) is 4.79 Å². The van der Waals surface area contributed by atoms with Crippen LogP contribution >= 0.6 is 0 Å². The molecular weight excluding hydrogens is 328 g/mol. The Kier molecular flexibility index (Phi) is 5.07. The topological polar surface area (TPSA) is 83.0 Å². The average Bonchev–Trinajstić information content (AvgIpc) is 2.63. The summed E-state index contributed by atoms with van der Waals surface area (Å²) in [5.41, 5.74) is 2.15. The van der Waals surface area contributed by atoms with Crippen LogP contribution in [0.15, 0.2) is 54.9 Å². The maximum atomic E-state index is 12.2. The number of amides is 1. The van der Waals surface area contributed by atoms with E-state index in [0.29, 0.717) is 17.1 Å². The van der Waals surface area contributed by atoms with Crippen molar-refractivity contribution in [3.05, 3.63) is 66.2 Å². The van der Waals surface area contributed by atoms with Gasteiger partial charge < -0.3 is 15.5 Å². The monoisotopic (exact) mass is 348 g/mol. The highest BCUT2D eigenvalue weighted by atomic mass is 16.1. The van der Waals surface area contributed by atoms with Crippen LogP contribution in [-0.4, -0.2) is 35.0 Å². The Morgan fingerprint density at radius 3 is 2.27 bits per heavy atom. The first kappa shape index (κ1) is 17.3. The van der Waals surface area contributed by atoms with Gasteiger partial charge in [0.25, 0.3) is 5.91 Å². The highest BCUT2D eigenvalue weighted by Crippen LogP contribution is 2.20. The lowest BCUT2D eigenvalue weighted by Crippen LogP contribution is -2.12. The maximum Gasteiger partial charge on any atom is 0.255 e. The molecule has 3 aromatic rings. The van der Waals surface area contributed by atoms with E-state index in [1.807, 2.05) is 56.3 Å². The van der Waals surface area contributed by atoms with E-state index < -0.39 is 0 Å². The van der Waals surface area contributed by atoms with Crippen molar-refractivity contribution in [1.29, 1.82) is 0 Å². The van der Waals surface area contributed by atoms with Crippen molar-refractivity contribution in [2.24, 2.45) is 0 Å². The molecule has 2 aromatic heterocycles. The second-order valence-corrected chi connectivity index (χ2v) is 5.95. The summed E-state index contributed by atoms with van der Waals surface area (Å²) >= 11 is 0. The smallest absolute Gasteiger partial charge is 0.255 e. The Hall–Kier alpha value is -3.48. The van der Waals surface area contributed by atoms with Crippen molar-refractivity contribution < 1.29 is 4.79 Å². The molecule has 2 heterocycles. The van der Waals surface area contributed by atoms with Gasteiger partial charge in [-0.1, -0.05) is 0 Å². The Balaban J connectivity index is 1.69. The molecule has 0 unspecified atom stereocenters. The molecule has 7 nitrogen and oxygen atoms in total. The minimum Gasteiger partial charge on any atom is -0.363 e. The third-order valence-electron chi connectivity index (χ3n) is 3.64. The number of aromatic nitrogens is 3. The lowest BCUT2D eigenvalue weighted by molar-refractivity contribution is 0.102. The SMILES string of the molecule is Cc1nc(Nc2ccc(NC(=O)c3ccncc3)cc2)cc(N(C)C)n1. The third-order valence-corrected chi connectivity index (χ3v) is 3.64. The van der Waals surface area contributed by atoms with Gasteiger partial charge in [0.2, 0.25) is 0 Å². The van der Waals surface area contributed by atoms with Gasteiger partial charge in [0.15, 0.2) is 0 Å². The van der Waals surface area contributed by atoms with E-state index in [1.165, 1.54) is 0 Å². The molecule has 2 N–H and O–H groups in total. The van der Waals surface area contributed by atoms with E-state index >= 15 is 0 Å². The number of carbonyl (C=O) groups is 1. The first-order valence-corrected chi connectivity index (χ1v) is 8.13. The lowest BCUT2D eigenvalue weighted by atomic mass is 10.2. The van der Waals surface area contributed by atoms with Crippen LogP contribution < -0.4 is 15.5 Å². The van der Waals surface area contributed by atoms with Crippen LogP contribution in [0, 0.1) is 6.92 Å². The number of carbonyl (C=O) groups excluding carboxylic acids is 1. The molecular formula is C19H20N6O. The Morgan fingerprint density at radius 2 is 1.62 bits per heavy atom. The maximum absolute atomic E-state index is 12.2. The van der Waals surface area contributed by atoms with Crippen LogP contribution in [-0.2, 0) is 0 Å². The number of anilines is 4. The number of hydrogen-bond acceptors (Lipinski definition) is 6. The molecule has 0 aliphatic rings. The van der Waals surface area contributed by atoms with Gasteiger partial charge in [-0.2, -0.15) is 0 Å². The summed E-state index contributed by atoms with van der Waals surface area (Å²) in [4.78, 5) is 26.8. The van der Waals surface area contributed by atoms with Gasteiger partial charge in [0.1, 0.15) is 17.5 Å². The molecule has 0 atom stereocenters. The summed E-state index contributed by atoms with van der Waals surface area (Å²) in [6, 6.07) is 12.7. The zero-order valence-electron chi connectivity index (χ0n) is 14.9. The van der Waals surface area contributed by atoms with Crippen LogP contribution in [0.3, 0.4) is 0 Å². The molecule has 1 amide bonds. The number of aryl methyl sites for hydroxylation is 1. The minimum atomic E-state index is -0.171. The number of pyridine rings is 1. The quantitative estimate of drug-likeness (QED) is 0.736. The molecule has 0 aliphatic carbocycles. The lowest BCUT2D eigenvalue weighted by Gasteiger charge is -2.14. The summed E-state index contributed by atoms with van der Waals surface area (Å²) in [5.74, 6) is 2.08. The number of nitrogens with zero attached hydrogens (tertiary/aromatic N) is 4. The van der Waals surface area contributed by atoms with Gasteiger partial charge in [-0.05, 0) is 43.3 Å². The zero-order chi connectivity index (χ0) is 18.5.